The number of pyridine rings is 2. The van der Waals surface area contributed by atoms with E-state index in [9.17, 15) is 5.11 Å². The molecule has 0 aromatic carbocycles. The second-order valence-corrected chi connectivity index (χ2v) is 14.5. The van der Waals surface area contributed by atoms with Crippen molar-refractivity contribution in [1.29, 1.82) is 0 Å². The molecule has 4 fully saturated rings. The van der Waals surface area contributed by atoms with Crippen molar-refractivity contribution in [2.45, 2.75) is 88.5 Å². The van der Waals surface area contributed by atoms with Crippen LogP contribution in [0.15, 0.2) is 30.5 Å². The van der Waals surface area contributed by atoms with Crippen molar-refractivity contribution in [2.24, 2.45) is 5.92 Å². The Balaban J connectivity index is 1.19. The monoisotopic (exact) mass is 590 g/mol. The molecule has 3 unspecified atom stereocenters. The molecule has 8 nitrogen and oxygen atoms in total. The Labute approximate surface area is 259 Å². The van der Waals surface area contributed by atoms with Crippen LogP contribution in [0.3, 0.4) is 0 Å². The van der Waals surface area contributed by atoms with Crippen LogP contribution in [0.4, 0.5) is 0 Å². The van der Waals surface area contributed by atoms with E-state index in [2.05, 4.69) is 71.9 Å². The predicted molar refractivity (Wildman–Crippen MR) is 173 cm³/mol. The minimum Gasteiger partial charge on any atom is -0.474 e. The number of likely N-dealkylation sites (tertiary alicyclic amines) is 2. The fourth-order valence-electron chi connectivity index (χ4n) is 8.14. The standard InChI is InChI=1S/C35H54N6O2/c1-25-28(31-8-6-7-30(37-31)26-12-18-38(3)19-13-26)11-17-36-34(25)43-33-14-20-39(4)23-29(33)32-24-41(22-21-40(32)5)27-9-15-35(2,42)16-10-27/h6-8,11,17,26-27,29,32-33,42H,9-10,12-16,18-24H2,1-5H3. The van der Waals surface area contributed by atoms with Crippen LogP contribution in [0.1, 0.15) is 69.0 Å². The van der Waals surface area contributed by atoms with Crippen LogP contribution < -0.4 is 4.74 Å². The molecule has 3 aliphatic heterocycles. The van der Waals surface area contributed by atoms with Crippen molar-refractivity contribution in [2.75, 3.05) is 67.0 Å². The summed E-state index contributed by atoms with van der Waals surface area (Å²) in [6, 6.07) is 9.62. The summed E-state index contributed by atoms with van der Waals surface area (Å²) >= 11 is 0. The van der Waals surface area contributed by atoms with Gasteiger partial charge in [0.05, 0.1) is 11.3 Å². The zero-order valence-electron chi connectivity index (χ0n) is 27.2. The summed E-state index contributed by atoms with van der Waals surface area (Å²) in [6.07, 6.45) is 9.37. The quantitative estimate of drug-likeness (QED) is 0.535. The molecule has 4 aliphatic rings. The second-order valence-electron chi connectivity index (χ2n) is 14.5. The summed E-state index contributed by atoms with van der Waals surface area (Å²) in [7, 11) is 6.76. The summed E-state index contributed by atoms with van der Waals surface area (Å²) < 4.78 is 6.93. The Bertz CT molecular complexity index is 1220. The van der Waals surface area contributed by atoms with Gasteiger partial charge in [-0.25, -0.2) is 4.98 Å². The molecule has 1 aliphatic carbocycles. The van der Waals surface area contributed by atoms with Crippen LogP contribution in [0.2, 0.25) is 0 Å². The van der Waals surface area contributed by atoms with E-state index in [1.807, 2.05) is 13.1 Å². The van der Waals surface area contributed by atoms with Crippen LogP contribution >= 0.6 is 0 Å². The van der Waals surface area contributed by atoms with E-state index < -0.39 is 5.60 Å². The highest BCUT2D eigenvalue weighted by molar-refractivity contribution is 5.65. The highest BCUT2D eigenvalue weighted by atomic mass is 16.5. The highest BCUT2D eigenvalue weighted by Crippen LogP contribution is 2.36. The van der Waals surface area contributed by atoms with Crippen molar-refractivity contribution < 1.29 is 9.84 Å². The summed E-state index contributed by atoms with van der Waals surface area (Å²) in [4.78, 5) is 20.1. The topological polar surface area (TPSA) is 68.2 Å². The molecular weight excluding hydrogens is 536 g/mol. The largest absolute Gasteiger partial charge is 0.474 e. The van der Waals surface area contributed by atoms with Gasteiger partial charge in [0.15, 0.2) is 0 Å². The van der Waals surface area contributed by atoms with Crippen molar-refractivity contribution in [3.8, 4) is 17.1 Å². The Morgan fingerprint density at radius 2 is 1.63 bits per heavy atom. The van der Waals surface area contributed by atoms with Crippen LogP contribution in [0, 0.1) is 12.8 Å². The van der Waals surface area contributed by atoms with Gasteiger partial charge in [0.1, 0.15) is 6.10 Å². The fourth-order valence-corrected chi connectivity index (χ4v) is 8.14. The molecule has 0 spiro atoms. The van der Waals surface area contributed by atoms with Gasteiger partial charge in [0.2, 0.25) is 5.88 Å². The average Bonchev–Trinajstić information content (AvgIpc) is 3.00. The Hall–Kier alpha value is -2.10. The third-order valence-corrected chi connectivity index (χ3v) is 11.2. The zero-order valence-corrected chi connectivity index (χ0v) is 27.2. The summed E-state index contributed by atoms with van der Waals surface area (Å²) in [5, 5.41) is 10.5. The number of aliphatic hydroxyl groups is 1. The molecule has 5 heterocycles. The zero-order chi connectivity index (χ0) is 30.1. The third kappa shape index (κ3) is 7.09. The minimum atomic E-state index is -0.489. The molecule has 1 saturated carbocycles. The van der Waals surface area contributed by atoms with Crippen LogP contribution in [-0.4, -0.2) is 125 Å². The van der Waals surface area contributed by atoms with Gasteiger partial charge in [0.25, 0.3) is 0 Å². The summed E-state index contributed by atoms with van der Waals surface area (Å²) in [5.74, 6) is 1.69. The normalized spacial score (nSPS) is 32.6. The van der Waals surface area contributed by atoms with Crippen molar-refractivity contribution >= 4 is 0 Å². The Kier molecular flexibility index (Phi) is 9.41. The van der Waals surface area contributed by atoms with E-state index in [0.717, 1.165) is 101 Å². The first-order valence-corrected chi connectivity index (χ1v) is 16.8. The number of piperazine rings is 1. The first kappa shape index (κ1) is 30.9. The lowest BCUT2D eigenvalue weighted by Gasteiger charge is -2.50. The first-order valence-electron chi connectivity index (χ1n) is 16.8. The molecule has 1 N–H and O–H groups in total. The number of nitrogens with zero attached hydrogens (tertiary/aromatic N) is 6. The molecule has 2 aromatic heterocycles. The number of rotatable bonds is 6. The molecule has 3 saturated heterocycles. The molecule has 236 valence electrons. The average molecular weight is 591 g/mol. The molecule has 6 rings (SSSR count). The van der Waals surface area contributed by atoms with Gasteiger partial charge in [-0.2, -0.15) is 0 Å². The maximum atomic E-state index is 10.5. The Morgan fingerprint density at radius 3 is 2.40 bits per heavy atom. The molecule has 2 aromatic rings. The van der Waals surface area contributed by atoms with E-state index in [1.165, 1.54) is 18.5 Å². The number of hydrogen-bond acceptors (Lipinski definition) is 8. The number of piperidine rings is 2. The molecule has 0 bridgehead atoms. The SMILES string of the molecule is Cc1c(-c2cccc(C3CCN(C)CC3)n2)ccnc1OC1CCN(C)CC1C1CN(C2CCC(C)(O)CC2)CCN1C. The van der Waals surface area contributed by atoms with Crippen LogP contribution in [0.25, 0.3) is 11.3 Å². The lowest BCUT2D eigenvalue weighted by Crippen LogP contribution is -2.62. The predicted octanol–water partition coefficient (Wildman–Crippen LogP) is 4.27. The number of aromatic nitrogens is 2. The van der Waals surface area contributed by atoms with Crippen molar-refractivity contribution in [3.63, 3.8) is 0 Å². The van der Waals surface area contributed by atoms with E-state index in [0.29, 0.717) is 23.9 Å². The van der Waals surface area contributed by atoms with Gasteiger partial charge < -0.3 is 24.5 Å². The summed E-state index contributed by atoms with van der Waals surface area (Å²) in [5.41, 5.74) is 3.96. The van der Waals surface area contributed by atoms with E-state index in [1.54, 1.807) is 0 Å². The minimum absolute atomic E-state index is 0.121. The number of likely N-dealkylation sites (N-methyl/N-ethyl adjacent to an activating group) is 1. The molecule has 0 radical (unpaired) electrons. The summed E-state index contributed by atoms with van der Waals surface area (Å²) in [6.45, 7) is 11.8. The smallest absolute Gasteiger partial charge is 0.217 e. The van der Waals surface area contributed by atoms with E-state index >= 15 is 0 Å². The maximum Gasteiger partial charge on any atom is 0.217 e. The maximum absolute atomic E-state index is 10.5. The van der Waals surface area contributed by atoms with Gasteiger partial charge >= 0.3 is 0 Å². The molecule has 43 heavy (non-hydrogen) atoms. The lowest BCUT2D eigenvalue weighted by atomic mass is 9.81. The lowest BCUT2D eigenvalue weighted by molar-refractivity contribution is -0.0510. The fraction of sp³-hybridized carbons (Fsp3) is 0.714. The molecule has 3 atom stereocenters. The highest BCUT2D eigenvalue weighted by Gasteiger charge is 2.42. The van der Waals surface area contributed by atoms with Gasteiger partial charge in [0, 0.05) is 79.7 Å². The van der Waals surface area contributed by atoms with Crippen LogP contribution in [-0.2, 0) is 0 Å². The van der Waals surface area contributed by atoms with Gasteiger partial charge in [-0.3, -0.25) is 9.88 Å². The van der Waals surface area contributed by atoms with Crippen LogP contribution in [0.5, 0.6) is 5.88 Å². The number of ether oxygens (including phenoxy) is 1. The second kappa shape index (κ2) is 13.1. The third-order valence-electron chi connectivity index (χ3n) is 11.2. The van der Waals surface area contributed by atoms with E-state index in [4.69, 9.17) is 14.7 Å². The Morgan fingerprint density at radius 1 is 0.884 bits per heavy atom. The molecule has 8 heteroatoms. The molecule has 0 amide bonds. The molecular formula is C35H54N6O2. The first-order chi connectivity index (χ1) is 20.7. The van der Waals surface area contributed by atoms with E-state index in [-0.39, 0.29) is 6.10 Å². The van der Waals surface area contributed by atoms with Gasteiger partial charge in [-0.15, -0.1) is 0 Å². The van der Waals surface area contributed by atoms with Gasteiger partial charge in [-0.05, 0) is 111 Å². The number of hydrogen-bond donors (Lipinski definition) is 1. The van der Waals surface area contributed by atoms with Gasteiger partial charge in [-0.1, -0.05) is 6.07 Å². The van der Waals surface area contributed by atoms with Crippen molar-refractivity contribution in [1.82, 2.24) is 29.6 Å². The van der Waals surface area contributed by atoms with Crippen molar-refractivity contribution in [3.05, 3.63) is 41.7 Å².